The molecule has 0 aromatic carbocycles. The predicted octanol–water partition coefficient (Wildman–Crippen LogP) is 2.76. The lowest BCUT2D eigenvalue weighted by Gasteiger charge is -2.31. The van der Waals surface area contributed by atoms with Gasteiger partial charge in [-0.3, -0.25) is 9.59 Å². The van der Waals surface area contributed by atoms with E-state index in [1.165, 1.54) is 0 Å². The minimum absolute atomic E-state index is 0.0759. The van der Waals surface area contributed by atoms with Crippen LogP contribution in [0.1, 0.15) is 48.0 Å². The number of nitrogens with zero attached hydrogens (tertiary/aromatic N) is 1. The number of carbonyl (C=O) groups excluding carboxylic acids is 2. The molecule has 118 valence electrons. The first-order chi connectivity index (χ1) is 8.99. The maximum Gasteiger partial charge on any atom is 0.209 e. The quantitative estimate of drug-likeness (QED) is 0.580. The third-order valence-corrected chi connectivity index (χ3v) is 3.14. The van der Waals surface area contributed by atoms with Gasteiger partial charge in [0.1, 0.15) is 5.78 Å². The van der Waals surface area contributed by atoms with Crippen LogP contribution in [0, 0.1) is 16.7 Å². The van der Waals surface area contributed by atoms with Crippen LogP contribution < -0.4 is 0 Å². The van der Waals surface area contributed by atoms with E-state index < -0.39 is 0 Å². The number of hydrogen-bond acceptors (Lipinski definition) is 3. The zero-order chi connectivity index (χ0) is 16.0. The molecule has 0 bridgehead atoms. The van der Waals surface area contributed by atoms with Gasteiger partial charge >= 0.3 is 0 Å². The largest absolute Gasteiger partial charge is 0.380 e. The van der Waals surface area contributed by atoms with Crippen LogP contribution in [0.5, 0.6) is 0 Å². The normalized spacial score (nSPS) is 12.6. The second-order valence-corrected chi connectivity index (χ2v) is 7.64. The highest BCUT2D eigenvalue weighted by molar-refractivity contribution is 5.80. The van der Waals surface area contributed by atoms with Crippen LogP contribution in [0.3, 0.4) is 0 Å². The summed E-state index contributed by atoms with van der Waals surface area (Å²) < 4.78 is 5.79. The lowest BCUT2D eigenvalue weighted by atomic mass is 9.85. The van der Waals surface area contributed by atoms with Crippen LogP contribution >= 0.6 is 0 Å². The Morgan fingerprint density at radius 3 is 2.10 bits per heavy atom. The van der Waals surface area contributed by atoms with Crippen molar-refractivity contribution in [2.24, 2.45) is 16.7 Å². The number of amides is 1. The fourth-order valence-corrected chi connectivity index (χ4v) is 2.09. The molecule has 0 fully saturated rings. The molecule has 4 nitrogen and oxygen atoms in total. The second-order valence-electron chi connectivity index (χ2n) is 7.64. The number of hydrogen-bond donors (Lipinski definition) is 0. The number of carbonyl (C=O) groups is 2. The Morgan fingerprint density at radius 1 is 1.15 bits per heavy atom. The van der Waals surface area contributed by atoms with Crippen molar-refractivity contribution in [3.05, 3.63) is 0 Å². The van der Waals surface area contributed by atoms with E-state index in [0.717, 1.165) is 6.41 Å². The second kappa shape index (κ2) is 7.77. The van der Waals surface area contributed by atoms with Gasteiger partial charge in [-0.05, 0) is 5.41 Å². The van der Waals surface area contributed by atoms with Crippen LogP contribution in [-0.2, 0) is 14.3 Å². The maximum atomic E-state index is 11.8. The molecule has 0 N–H and O–H groups in total. The van der Waals surface area contributed by atoms with Crippen molar-refractivity contribution in [2.75, 3.05) is 26.8 Å². The summed E-state index contributed by atoms with van der Waals surface area (Å²) >= 11 is 0. The maximum absolute atomic E-state index is 11.8. The molecule has 0 heterocycles. The molecule has 0 aliphatic rings. The van der Waals surface area contributed by atoms with E-state index in [1.807, 2.05) is 13.8 Å². The van der Waals surface area contributed by atoms with Crippen LogP contribution in [0.4, 0.5) is 0 Å². The van der Waals surface area contributed by atoms with E-state index in [2.05, 4.69) is 27.7 Å². The Balaban J connectivity index is 4.20. The molecule has 0 saturated heterocycles. The molecule has 0 rings (SSSR count). The smallest absolute Gasteiger partial charge is 0.209 e. The molecule has 20 heavy (non-hydrogen) atoms. The molecule has 0 spiro atoms. The molecule has 0 aromatic rings. The summed E-state index contributed by atoms with van der Waals surface area (Å²) in [6, 6.07) is 0. The first-order valence-corrected chi connectivity index (χ1v) is 7.25. The van der Waals surface area contributed by atoms with Gasteiger partial charge < -0.3 is 9.64 Å². The Kier molecular flexibility index (Phi) is 7.42. The highest BCUT2D eigenvalue weighted by atomic mass is 16.5. The van der Waals surface area contributed by atoms with Gasteiger partial charge in [0, 0.05) is 31.3 Å². The molecular weight excluding hydrogens is 254 g/mol. The molecule has 0 aliphatic heterocycles. The third-order valence-electron chi connectivity index (χ3n) is 3.14. The highest BCUT2D eigenvalue weighted by Crippen LogP contribution is 2.25. The molecule has 0 radical (unpaired) electrons. The number of ketones is 1. The summed E-state index contributed by atoms with van der Waals surface area (Å²) in [5.74, 6) is 0.352. The van der Waals surface area contributed by atoms with Gasteiger partial charge in [-0.15, -0.1) is 0 Å². The Hall–Kier alpha value is -0.900. The fraction of sp³-hybridized carbons (Fsp3) is 0.875. The predicted molar refractivity (Wildman–Crippen MR) is 81.5 cm³/mol. The van der Waals surface area contributed by atoms with Crippen molar-refractivity contribution in [2.45, 2.75) is 48.0 Å². The lowest BCUT2D eigenvalue weighted by molar-refractivity contribution is -0.125. The Labute approximate surface area is 123 Å². The standard InChI is InChI=1S/C16H31NO3/c1-13(2)14(19)8-15(3,4)10-20-11-16(5,6)9-17(7)12-18/h12-13H,8-11H2,1-7H3. The average Bonchev–Trinajstić information content (AvgIpc) is 2.26. The van der Waals surface area contributed by atoms with Crippen molar-refractivity contribution >= 4 is 12.2 Å². The zero-order valence-corrected chi connectivity index (χ0v) is 14.2. The molecular formula is C16H31NO3. The van der Waals surface area contributed by atoms with Gasteiger partial charge in [0.25, 0.3) is 0 Å². The molecule has 0 unspecified atom stereocenters. The SMILES string of the molecule is CC(C)C(=O)CC(C)(C)COCC(C)(C)CN(C)C=O. The topological polar surface area (TPSA) is 46.6 Å². The van der Waals surface area contributed by atoms with Crippen molar-refractivity contribution < 1.29 is 14.3 Å². The Morgan fingerprint density at radius 2 is 1.65 bits per heavy atom. The van der Waals surface area contributed by atoms with Gasteiger partial charge in [-0.25, -0.2) is 0 Å². The summed E-state index contributed by atoms with van der Waals surface area (Å²) in [5, 5.41) is 0. The van der Waals surface area contributed by atoms with Crippen LogP contribution in [0.15, 0.2) is 0 Å². The molecule has 0 aliphatic carbocycles. The van der Waals surface area contributed by atoms with Crippen molar-refractivity contribution in [3.8, 4) is 0 Å². The monoisotopic (exact) mass is 285 g/mol. The summed E-state index contributed by atoms with van der Waals surface area (Å²) in [6.45, 7) is 13.9. The first-order valence-electron chi connectivity index (χ1n) is 7.25. The molecule has 0 atom stereocenters. The van der Waals surface area contributed by atoms with E-state index in [-0.39, 0.29) is 22.5 Å². The van der Waals surface area contributed by atoms with E-state index in [0.29, 0.717) is 26.2 Å². The van der Waals surface area contributed by atoms with Gasteiger partial charge in [0.05, 0.1) is 13.2 Å². The van der Waals surface area contributed by atoms with Crippen LogP contribution in [0.2, 0.25) is 0 Å². The zero-order valence-electron chi connectivity index (χ0n) is 14.2. The molecule has 0 aromatic heterocycles. The minimum Gasteiger partial charge on any atom is -0.380 e. The number of rotatable bonds is 10. The third kappa shape index (κ3) is 8.31. The van der Waals surface area contributed by atoms with E-state index >= 15 is 0 Å². The lowest BCUT2D eigenvalue weighted by Crippen LogP contribution is -2.35. The van der Waals surface area contributed by atoms with Crippen LogP contribution in [0.25, 0.3) is 0 Å². The summed E-state index contributed by atoms with van der Waals surface area (Å²) in [7, 11) is 1.76. The summed E-state index contributed by atoms with van der Waals surface area (Å²) in [5.41, 5.74) is -0.234. The van der Waals surface area contributed by atoms with E-state index in [4.69, 9.17) is 4.74 Å². The van der Waals surface area contributed by atoms with Crippen molar-refractivity contribution in [1.82, 2.24) is 4.90 Å². The van der Waals surface area contributed by atoms with Gasteiger partial charge in [0.15, 0.2) is 0 Å². The number of ether oxygens (including phenoxy) is 1. The van der Waals surface area contributed by atoms with E-state index in [1.54, 1.807) is 11.9 Å². The minimum atomic E-state index is -0.145. The summed E-state index contributed by atoms with van der Waals surface area (Å²) in [6.07, 6.45) is 1.37. The summed E-state index contributed by atoms with van der Waals surface area (Å²) in [4.78, 5) is 24.1. The van der Waals surface area contributed by atoms with Gasteiger partial charge in [0.2, 0.25) is 6.41 Å². The number of Topliss-reactive ketones (excluding diaryl/α,β-unsaturated/α-hetero) is 1. The van der Waals surface area contributed by atoms with Gasteiger partial charge in [-0.1, -0.05) is 41.5 Å². The van der Waals surface area contributed by atoms with Crippen LogP contribution in [-0.4, -0.2) is 43.9 Å². The molecule has 0 saturated carbocycles. The van der Waals surface area contributed by atoms with Crippen molar-refractivity contribution in [1.29, 1.82) is 0 Å². The first kappa shape index (κ1) is 19.1. The Bertz CT molecular complexity index is 322. The van der Waals surface area contributed by atoms with E-state index in [9.17, 15) is 9.59 Å². The molecule has 1 amide bonds. The molecule has 4 heteroatoms. The highest BCUT2D eigenvalue weighted by Gasteiger charge is 2.26. The van der Waals surface area contributed by atoms with Crippen molar-refractivity contribution in [3.63, 3.8) is 0 Å². The average molecular weight is 285 g/mol. The fourth-order valence-electron chi connectivity index (χ4n) is 2.09. The van der Waals surface area contributed by atoms with Gasteiger partial charge in [-0.2, -0.15) is 0 Å².